The molecule has 1 aliphatic rings. The first-order chi connectivity index (χ1) is 11.6. The number of halogens is 1. The Balaban J connectivity index is 0.00000225. The van der Waals surface area contributed by atoms with Gasteiger partial charge in [0, 0.05) is 17.8 Å². The number of carbonyl (C=O) groups is 1. The summed E-state index contributed by atoms with van der Waals surface area (Å²) in [6, 6.07) is 10.9. The van der Waals surface area contributed by atoms with Crippen molar-refractivity contribution in [3.63, 3.8) is 0 Å². The first-order valence-corrected chi connectivity index (χ1v) is 8.27. The Labute approximate surface area is 152 Å². The first kappa shape index (κ1) is 19.1. The standard InChI is InChI=1S/C18H22N4O2.ClH/c1-12-10-16(23)17(21-22(12)14-7-3-2-4-8-14)18(24)20-15-9-5-6-13(15)11-19;/h2-4,7-8,10,13,15H,5-6,9,11,19H2,1H3,(H,20,24);1H. The molecule has 3 N–H and O–H groups in total. The lowest BCUT2D eigenvalue weighted by molar-refractivity contribution is 0.0920. The minimum absolute atomic E-state index is 0. The van der Waals surface area contributed by atoms with Gasteiger partial charge < -0.3 is 11.1 Å². The van der Waals surface area contributed by atoms with Crippen LogP contribution in [0.2, 0.25) is 0 Å². The van der Waals surface area contributed by atoms with Crippen molar-refractivity contribution in [3.05, 3.63) is 58.0 Å². The van der Waals surface area contributed by atoms with Crippen molar-refractivity contribution in [2.24, 2.45) is 11.7 Å². The van der Waals surface area contributed by atoms with E-state index >= 15 is 0 Å². The monoisotopic (exact) mass is 362 g/mol. The van der Waals surface area contributed by atoms with Crippen LogP contribution < -0.4 is 16.5 Å². The van der Waals surface area contributed by atoms with Crippen molar-refractivity contribution in [1.82, 2.24) is 15.1 Å². The first-order valence-electron chi connectivity index (χ1n) is 8.27. The molecule has 0 saturated heterocycles. The normalized spacial score (nSPS) is 19.3. The maximum absolute atomic E-state index is 12.6. The van der Waals surface area contributed by atoms with Crippen LogP contribution in [0.25, 0.3) is 5.69 Å². The van der Waals surface area contributed by atoms with Gasteiger partial charge in [-0.05, 0) is 44.4 Å². The largest absolute Gasteiger partial charge is 0.347 e. The fourth-order valence-corrected chi connectivity index (χ4v) is 3.28. The smallest absolute Gasteiger partial charge is 0.276 e. The van der Waals surface area contributed by atoms with Gasteiger partial charge >= 0.3 is 0 Å². The molecule has 1 saturated carbocycles. The van der Waals surface area contributed by atoms with Gasteiger partial charge in [0.2, 0.25) is 5.43 Å². The highest BCUT2D eigenvalue weighted by atomic mass is 35.5. The highest BCUT2D eigenvalue weighted by Gasteiger charge is 2.28. The number of para-hydroxylation sites is 1. The third-order valence-corrected chi connectivity index (χ3v) is 4.60. The molecular weight excluding hydrogens is 340 g/mol. The maximum atomic E-state index is 12.6. The number of hydrogen-bond acceptors (Lipinski definition) is 4. The van der Waals surface area contributed by atoms with Gasteiger partial charge in [-0.1, -0.05) is 24.6 Å². The molecule has 2 aromatic rings. The summed E-state index contributed by atoms with van der Waals surface area (Å²) in [5.41, 5.74) is 6.81. The fraction of sp³-hybridized carbons (Fsp3) is 0.389. The Morgan fingerprint density at radius 3 is 2.72 bits per heavy atom. The van der Waals surface area contributed by atoms with Gasteiger partial charge in [-0.3, -0.25) is 9.59 Å². The van der Waals surface area contributed by atoms with E-state index in [1.54, 1.807) is 11.6 Å². The summed E-state index contributed by atoms with van der Waals surface area (Å²) in [6.07, 6.45) is 2.95. The molecule has 2 atom stereocenters. The third kappa shape index (κ3) is 4.08. The lowest BCUT2D eigenvalue weighted by atomic mass is 10.0. The van der Waals surface area contributed by atoms with Gasteiger partial charge in [0.25, 0.3) is 5.91 Å². The van der Waals surface area contributed by atoms with Gasteiger partial charge in [-0.25, -0.2) is 4.68 Å². The summed E-state index contributed by atoms with van der Waals surface area (Å²) in [6.45, 7) is 2.34. The van der Waals surface area contributed by atoms with Crippen LogP contribution in [0.5, 0.6) is 0 Å². The highest BCUT2D eigenvalue weighted by Crippen LogP contribution is 2.24. The molecule has 1 aliphatic carbocycles. The van der Waals surface area contributed by atoms with Crippen LogP contribution in [0.1, 0.15) is 35.4 Å². The van der Waals surface area contributed by atoms with Crippen LogP contribution in [0, 0.1) is 12.8 Å². The number of nitrogens with one attached hydrogen (secondary N) is 1. The second-order valence-corrected chi connectivity index (χ2v) is 6.25. The van der Waals surface area contributed by atoms with Crippen molar-refractivity contribution in [2.45, 2.75) is 32.2 Å². The average Bonchev–Trinajstić information content (AvgIpc) is 3.02. The zero-order valence-electron chi connectivity index (χ0n) is 14.1. The van der Waals surface area contributed by atoms with E-state index in [0.717, 1.165) is 24.9 Å². The Bertz CT molecular complexity index is 791. The molecule has 0 radical (unpaired) electrons. The lowest BCUT2D eigenvalue weighted by Gasteiger charge is -2.19. The van der Waals surface area contributed by atoms with Gasteiger partial charge in [0.05, 0.1) is 5.69 Å². The van der Waals surface area contributed by atoms with Crippen molar-refractivity contribution in [2.75, 3.05) is 6.54 Å². The van der Waals surface area contributed by atoms with Crippen LogP contribution in [0.4, 0.5) is 0 Å². The lowest BCUT2D eigenvalue weighted by Crippen LogP contribution is -2.42. The number of carbonyl (C=O) groups excluding carboxylic acids is 1. The fourth-order valence-electron chi connectivity index (χ4n) is 3.28. The van der Waals surface area contributed by atoms with Crippen LogP contribution in [-0.2, 0) is 0 Å². The van der Waals surface area contributed by atoms with Crippen LogP contribution in [0.3, 0.4) is 0 Å². The number of benzene rings is 1. The van der Waals surface area contributed by atoms with Crippen molar-refractivity contribution >= 4 is 18.3 Å². The number of aryl methyl sites for hydroxylation is 1. The number of amides is 1. The molecule has 1 amide bonds. The third-order valence-electron chi connectivity index (χ3n) is 4.60. The average molecular weight is 363 g/mol. The van der Waals surface area contributed by atoms with Gasteiger partial charge in [-0.2, -0.15) is 5.10 Å². The van der Waals surface area contributed by atoms with Gasteiger partial charge in [0.15, 0.2) is 5.69 Å². The van der Waals surface area contributed by atoms with E-state index in [4.69, 9.17) is 5.73 Å². The van der Waals surface area contributed by atoms with Crippen molar-refractivity contribution < 1.29 is 4.79 Å². The maximum Gasteiger partial charge on any atom is 0.276 e. The highest BCUT2D eigenvalue weighted by molar-refractivity contribution is 5.92. The van der Waals surface area contributed by atoms with E-state index in [0.29, 0.717) is 12.2 Å². The molecule has 3 rings (SSSR count). The summed E-state index contributed by atoms with van der Waals surface area (Å²) in [5, 5.41) is 7.24. The van der Waals surface area contributed by atoms with Gasteiger partial charge in [0.1, 0.15) is 0 Å². The molecule has 1 aromatic carbocycles. The molecule has 2 unspecified atom stereocenters. The molecule has 134 valence electrons. The Morgan fingerprint density at radius 2 is 2.04 bits per heavy atom. The molecule has 6 nitrogen and oxygen atoms in total. The molecule has 0 bridgehead atoms. The topological polar surface area (TPSA) is 90.0 Å². The number of hydrogen-bond donors (Lipinski definition) is 2. The molecule has 1 aromatic heterocycles. The molecule has 0 spiro atoms. The summed E-state index contributed by atoms with van der Waals surface area (Å²) in [4.78, 5) is 24.8. The molecule has 25 heavy (non-hydrogen) atoms. The van der Waals surface area contributed by atoms with E-state index in [2.05, 4.69) is 10.4 Å². The second kappa shape index (κ2) is 8.27. The molecule has 1 heterocycles. The van der Waals surface area contributed by atoms with E-state index < -0.39 is 5.91 Å². The van der Waals surface area contributed by atoms with E-state index in [9.17, 15) is 9.59 Å². The predicted octanol–water partition coefficient (Wildman–Crippen LogP) is 1.82. The number of aromatic nitrogens is 2. The van der Waals surface area contributed by atoms with E-state index in [-0.39, 0.29) is 35.5 Å². The number of rotatable bonds is 4. The number of nitrogens with two attached hydrogens (primary N) is 1. The van der Waals surface area contributed by atoms with Crippen molar-refractivity contribution in [3.8, 4) is 5.69 Å². The summed E-state index contributed by atoms with van der Waals surface area (Å²) < 4.78 is 1.62. The Kier molecular flexibility index (Phi) is 6.33. The minimum Gasteiger partial charge on any atom is -0.347 e. The van der Waals surface area contributed by atoms with Crippen LogP contribution in [0.15, 0.2) is 41.2 Å². The Hall–Kier alpha value is -2.18. The quantitative estimate of drug-likeness (QED) is 0.868. The zero-order chi connectivity index (χ0) is 17.1. The van der Waals surface area contributed by atoms with Crippen LogP contribution >= 0.6 is 12.4 Å². The second-order valence-electron chi connectivity index (χ2n) is 6.25. The van der Waals surface area contributed by atoms with E-state index in [1.165, 1.54) is 6.07 Å². The molecule has 1 fully saturated rings. The molecular formula is C18H23ClN4O2. The number of nitrogens with zero attached hydrogens (tertiary/aromatic N) is 2. The predicted molar refractivity (Wildman–Crippen MR) is 99.5 cm³/mol. The van der Waals surface area contributed by atoms with Crippen LogP contribution in [-0.4, -0.2) is 28.3 Å². The minimum atomic E-state index is -0.421. The van der Waals surface area contributed by atoms with Crippen molar-refractivity contribution in [1.29, 1.82) is 0 Å². The van der Waals surface area contributed by atoms with E-state index in [1.807, 2.05) is 30.3 Å². The summed E-state index contributed by atoms with van der Waals surface area (Å²) >= 11 is 0. The Morgan fingerprint density at radius 1 is 1.32 bits per heavy atom. The zero-order valence-corrected chi connectivity index (χ0v) is 15.0. The SMILES string of the molecule is Cc1cc(=O)c(C(=O)NC2CCCC2CN)nn1-c1ccccc1.Cl. The van der Waals surface area contributed by atoms with Gasteiger partial charge in [-0.15, -0.1) is 12.4 Å². The molecule has 7 heteroatoms. The summed E-state index contributed by atoms with van der Waals surface area (Å²) in [7, 11) is 0. The summed E-state index contributed by atoms with van der Waals surface area (Å²) in [5.74, 6) is -0.147. The molecule has 0 aliphatic heterocycles.